The molecular formula is C15H14F3N3O3. The molecular weight excluding hydrogens is 327 g/mol. The van der Waals surface area contributed by atoms with Crippen molar-refractivity contribution >= 4 is 17.6 Å². The zero-order chi connectivity index (χ0) is 17.6. The van der Waals surface area contributed by atoms with E-state index in [2.05, 4.69) is 16.0 Å². The van der Waals surface area contributed by atoms with E-state index in [9.17, 15) is 22.8 Å². The Kier molecular flexibility index (Phi) is 5.46. The van der Waals surface area contributed by atoms with Crippen molar-refractivity contribution < 1.29 is 27.2 Å². The molecule has 3 N–H and O–H groups in total. The third-order valence-corrected chi connectivity index (χ3v) is 2.90. The number of nitrogens with one attached hydrogen (secondary N) is 3. The second-order valence-electron chi connectivity index (χ2n) is 4.74. The molecule has 0 saturated carbocycles. The van der Waals surface area contributed by atoms with Crippen LogP contribution in [0.25, 0.3) is 0 Å². The van der Waals surface area contributed by atoms with Crippen molar-refractivity contribution in [3.63, 3.8) is 0 Å². The van der Waals surface area contributed by atoms with Crippen LogP contribution in [0, 0.1) is 0 Å². The average molecular weight is 341 g/mol. The lowest BCUT2D eigenvalue weighted by atomic mass is 10.2. The highest BCUT2D eigenvalue weighted by molar-refractivity contribution is 5.92. The SMILES string of the molecule is O=C(CNC(=O)Nc1cccc(C(F)(F)F)c1)NCc1ccco1. The molecule has 2 rings (SSSR count). The molecule has 128 valence electrons. The molecule has 0 aliphatic rings. The number of carbonyl (C=O) groups is 2. The van der Waals surface area contributed by atoms with Gasteiger partial charge in [0.2, 0.25) is 5.91 Å². The highest BCUT2D eigenvalue weighted by atomic mass is 19.4. The molecule has 1 aromatic carbocycles. The molecule has 0 aliphatic heterocycles. The molecule has 0 unspecified atom stereocenters. The molecule has 0 atom stereocenters. The lowest BCUT2D eigenvalue weighted by Crippen LogP contribution is -2.38. The zero-order valence-corrected chi connectivity index (χ0v) is 12.3. The summed E-state index contributed by atoms with van der Waals surface area (Å²) in [5, 5.41) is 6.99. The quantitative estimate of drug-likeness (QED) is 0.782. The van der Waals surface area contributed by atoms with E-state index in [1.807, 2.05) is 0 Å². The van der Waals surface area contributed by atoms with E-state index in [4.69, 9.17) is 4.42 Å². The van der Waals surface area contributed by atoms with Gasteiger partial charge in [0.05, 0.1) is 24.9 Å². The Morgan fingerprint density at radius 3 is 2.54 bits per heavy atom. The van der Waals surface area contributed by atoms with Crippen molar-refractivity contribution in [2.45, 2.75) is 12.7 Å². The minimum atomic E-state index is -4.50. The number of anilines is 1. The summed E-state index contributed by atoms with van der Waals surface area (Å²) >= 11 is 0. The molecule has 0 fully saturated rings. The normalized spacial score (nSPS) is 11.0. The maximum atomic E-state index is 12.6. The van der Waals surface area contributed by atoms with Gasteiger partial charge >= 0.3 is 12.2 Å². The molecule has 1 heterocycles. The Morgan fingerprint density at radius 2 is 1.88 bits per heavy atom. The molecule has 24 heavy (non-hydrogen) atoms. The van der Waals surface area contributed by atoms with Crippen LogP contribution in [0.4, 0.5) is 23.7 Å². The van der Waals surface area contributed by atoms with Gasteiger partial charge in [-0.1, -0.05) is 6.07 Å². The number of amides is 3. The first-order chi connectivity index (χ1) is 11.3. The van der Waals surface area contributed by atoms with Crippen LogP contribution in [-0.2, 0) is 17.5 Å². The van der Waals surface area contributed by atoms with Crippen molar-refractivity contribution in [3.05, 3.63) is 54.0 Å². The first kappa shape index (κ1) is 17.4. The first-order valence-corrected chi connectivity index (χ1v) is 6.86. The number of carbonyl (C=O) groups excluding carboxylic acids is 2. The number of halogens is 3. The molecule has 9 heteroatoms. The molecule has 0 aliphatic carbocycles. The highest BCUT2D eigenvalue weighted by Gasteiger charge is 2.30. The fraction of sp³-hybridized carbons (Fsp3) is 0.200. The predicted octanol–water partition coefficient (Wildman–Crippen LogP) is 2.74. The van der Waals surface area contributed by atoms with Crippen LogP contribution in [0.3, 0.4) is 0 Å². The third-order valence-electron chi connectivity index (χ3n) is 2.90. The number of benzene rings is 1. The van der Waals surface area contributed by atoms with Crippen LogP contribution in [0.15, 0.2) is 47.1 Å². The smallest absolute Gasteiger partial charge is 0.416 e. The monoisotopic (exact) mass is 341 g/mol. The Balaban J connectivity index is 1.78. The molecule has 1 aromatic heterocycles. The van der Waals surface area contributed by atoms with Crippen LogP contribution in [0.5, 0.6) is 0 Å². The van der Waals surface area contributed by atoms with Gasteiger partial charge in [0.1, 0.15) is 5.76 Å². The van der Waals surface area contributed by atoms with Crippen LogP contribution in [0.2, 0.25) is 0 Å². The minimum Gasteiger partial charge on any atom is -0.467 e. The lowest BCUT2D eigenvalue weighted by molar-refractivity contribution is -0.137. The summed E-state index contributed by atoms with van der Waals surface area (Å²) in [5.41, 5.74) is -0.908. The van der Waals surface area contributed by atoms with Crippen LogP contribution >= 0.6 is 0 Å². The van der Waals surface area contributed by atoms with E-state index < -0.39 is 23.7 Å². The Hall–Kier alpha value is -2.97. The van der Waals surface area contributed by atoms with Gasteiger partial charge in [-0.15, -0.1) is 0 Å². The van der Waals surface area contributed by atoms with Crippen molar-refractivity contribution in [1.29, 1.82) is 0 Å². The zero-order valence-electron chi connectivity index (χ0n) is 12.3. The molecule has 0 spiro atoms. The topological polar surface area (TPSA) is 83.4 Å². The summed E-state index contributed by atoms with van der Waals surface area (Å²) in [6.07, 6.45) is -3.04. The predicted molar refractivity (Wildman–Crippen MR) is 79.0 cm³/mol. The van der Waals surface area contributed by atoms with Crippen molar-refractivity contribution in [2.24, 2.45) is 0 Å². The maximum absolute atomic E-state index is 12.6. The summed E-state index contributed by atoms with van der Waals surface area (Å²) in [7, 11) is 0. The number of hydrogen-bond donors (Lipinski definition) is 3. The van der Waals surface area contributed by atoms with Crippen LogP contribution in [-0.4, -0.2) is 18.5 Å². The lowest BCUT2D eigenvalue weighted by Gasteiger charge is -2.10. The summed E-state index contributed by atoms with van der Waals surface area (Å²) in [6.45, 7) is -0.158. The van der Waals surface area contributed by atoms with Gasteiger partial charge < -0.3 is 20.4 Å². The van der Waals surface area contributed by atoms with Crippen molar-refractivity contribution in [2.75, 3.05) is 11.9 Å². The summed E-state index contributed by atoms with van der Waals surface area (Å²) in [6, 6.07) is 6.74. The fourth-order valence-corrected chi connectivity index (χ4v) is 1.77. The minimum absolute atomic E-state index is 0.0293. The number of furan rings is 1. The van der Waals surface area contributed by atoms with Crippen LogP contribution in [0.1, 0.15) is 11.3 Å². The summed E-state index contributed by atoms with van der Waals surface area (Å²) < 4.78 is 42.7. The van der Waals surface area contributed by atoms with Crippen molar-refractivity contribution in [3.8, 4) is 0 Å². The number of alkyl halides is 3. The molecule has 0 radical (unpaired) electrons. The van der Waals surface area contributed by atoms with E-state index >= 15 is 0 Å². The number of hydrogen-bond acceptors (Lipinski definition) is 3. The van der Waals surface area contributed by atoms with E-state index in [0.717, 1.165) is 12.1 Å². The average Bonchev–Trinajstić information content (AvgIpc) is 3.04. The fourth-order valence-electron chi connectivity index (χ4n) is 1.77. The van der Waals surface area contributed by atoms with Gasteiger partial charge in [0.25, 0.3) is 0 Å². The second-order valence-corrected chi connectivity index (χ2v) is 4.74. The van der Waals surface area contributed by atoms with E-state index in [1.165, 1.54) is 18.4 Å². The summed E-state index contributed by atoms with van der Waals surface area (Å²) in [4.78, 5) is 23.1. The Bertz CT molecular complexity index is 699. The molecule has 0 saturated heterocycles. The van der Waals surface area contributed by atoms with E-state index in [0.29, 0.717) is 5.76 Å². The number of rotatable bonds is 5. The van der Waals surface area contributed by atoms with Gasteiger partial charge in [0.15, 0.2) is 0 Å². The first-order valence-electron chi connectivity index (χ1n) is 6.86. The third kappa shape index (κ3) is 5.34. The van der Waals surface area contributed by atoms with Gasteiger partial charge in [-0.05, 0) is 30.3 Å². The van der Waals surface area contributed by atoms with Crippen molar-refractivity contribution in [1.82, 2.24) is 10.6 Å². The Morgan fingerprint density at radius 1 is 1.08 bits per heavy atom. The molecule has 2 aromatic rings. The van der Waals surface area contributed by atoms with E-state index in [-0.39, 0.29) is 18.8 Å². The van der Waals surface area contributed by atoms with Crippen LogP contribution < -0.4 is 16.0 Å². The molecule has 0 bridgehead atoms. The molecule has 6 nitrogen and oxygen atoms in total. The standard InChI is InChI=1S/C15H14F3N3O3/c16-15(17,18)10-3-1-4-11(7-10)21-14(23)20-9-13(22)19-8-12-5-2-6-24-12/h1-7H,8-9H2,(H,19,22)(H2,20,21,23). The Labute approximate surface area is 135 Å². The number of urea groups is 1. The second kappa shape index (κ2) is 7.53. The van der Waals surface area contributed by atoms with Gasteiger partial charge in [-0.2, -0.15) is 13.2 Å². The van der Waals surface area contributed by atoms with Gasteiger partial charge in [-0.25, -0.2) is 4.79 Å². The largest absolute Gasteiger partial charge is 0.467 e. The summed E-state index contributed by atoms with van der Waals surface area (Å²) in [5.74, 6) is 0.0855. The maximum Gasteiger partial charge on any atom is 0.416 e. The van der Waals surface area contributed by atoms with E-state index in [1.54, 1.807) is 12.1 Å². The highest BCUT2D eigenvalue weighted by Crippen LogP contribution is 2.30. The molecule has 3 amide bonds. The van der Waals surface area contributed by atoms with Gasteiger partial charge in [0, 0.05) is 5.69 Å². The van der Waals surface area contributed by atoms with Gasteiger partial charge in [-0.3, -0.25) is 4.79 Å².